The van der Waals surface area contributed by atoms with E-state index in [1.807, 2.05) is 50.5 Å². The number of likely N-dealkylation sites (N-methyl/N-ethyl adjacent to an activating group) is 1. The molecule has 1 atom stereocenters. The highest BCUT2D eigenvalue weighted by Gasteiger charge is 2.17. The number of nitrogens with zero attached hydrogens (tertiary/aromatic N) is 3. The Bertz CT molecular complexity index is 679. The second kappa shape index (κ2) is 11.7. The Morgan fingerprint density at radius 3 is 2.62 bits per heavy atom. The van der Waals surface area contributed by atoms with Crippen molar-refractivity contribution in [2.45, 2.75) is 12.5 Å². The van der Waals surface area contributed by atoms with Gasteiger partial charge in [0.25, 0.3) is 0 Å². The molecule has 6 nitrogen and oxygen atoms in total. The standard InChI is InChI=1S/C19H27N5O.HI/c1-24(2)17(16-9-4-5-10-18(16)25-3)14-23-19(20)22-13-11-15-8-6-7-12-21-15;/h4-10,12,17H,11,13-14H2,1-3H3,(H3,20,22,23);1H. The van der Waals surface area contributed by atoms with Crippen molar-refractivity contribution in [1.29, 1.82) is 0 Å². The molecule has 1 heterocycles. The van der Waals surface area contributed by atoms with E-state index in [4.69, 9.17) is 10.5 Å². The topological polar surface area (TPSA) is 75.8 Å². The Morgan fingerprint density at radius 1 is 1.23 bits per heavy atom. The van der Waals surface area contributed by atoms with Gasteiger partial charge in [0.05, 0.1) is 19.7 Å². The predicted octanol–water partition coefficient (Wildman–Crippen LogP) is 2.46. The van der Waals surface area contributed by atoms with Gasteiger partial charge in [0.2, 0.25) is 0 Å². The third-order valence-electron chi connectivity index (χ3n) is 3.97. The van der Waals surface area contributed by atoms with Gasteiger partial charge in [-0.3, -0.25) is 9.98 Å². The third kappa shape index (κ3) is 6.80. The monoisotopic (exact) mass is 469 g/mol. The lowest BCUT2D eigenvalue weighted by molar-refractivity contribution is 0.295. The van der Waals surface area contributed by atoms with Gasteiger partial charge >= 0.3 is 0 Å². The zero-order valence-electron chi connectivity index (χ0n) is 15.6. The lowest BCUT2D eigenvalue weighted by atomic mass is 10.0. The molecule has 2 aromatic rings. The first kappa shape index (κ1) is 22.2. The van der Waals surface area contributed by atoms with Crippen LogP contribution in [0.25, 0.3) is 0 Å². The minimum Gasteiger partial charge on any atom is -0.496 e. The normalized spacial score (nSPS) is 12.4. The van der Waals surface area contributed by atoms with Gasteiger partial charge in [-0.2, -0.15) is 0 Å². The summed E-state index contributed by atoms with van der Waals surface area (Å²) in [4.78, 5) is 10.9. The van der Waals surface area contributed by atoms with Crippen LogP contribution in [0.15, 0.2) is 53.7 Å². The van der Waals surface area contributed by atoms with Gasteiger partial charge in [-0.15, -0.1) is 24.0 Å². The van der Waals surface area contributed by atoms with Gasteiger partial charge < -0.3 is 20.7 Å². The van der Waals surface area contributed by atoms with Crippen molar-refractivity contribution in [1.82, 2.24) is 15.2 Å². The minimum absolute atomic E-state index is 0. The number of methoxy groups -OCH3 is 1. The molecule has 1 aromatic heterocycles. The molecule has 0 radical (unpaired) electrons. The maximum atomic E-state index is 6.00. The molecule has 0 spiro atoms. The van der Waals surface area contributed by atoms with Crippen LogP contribution >= 0.6 is 24.0 Å². The van der Waals surface area contributed by atoms with Crippen molar-refractivity contribution in [3.05, 3.63) is 59.9 Å². The highest BCUT2D eigenvalue weighted by molar-refractivity contribution is 14.0. The second-order valence-electron chi connectivity index (χ2n) is 5.95. The van der Waals surface area contributed by atoms with Crippen LogP contribution in [0.1, 0.15) is 17.3 Å². The summed E-state index contributed by atoms with van der Waals surface area (Å²) < 4.78 is 5.47. The molecule has 0 bridgehead atoms. The van der Waals surface area contributed by atoms with E-state index in [0.717, 1.165) is 23.4 Å². The van der Waals surface area contributed by atoms with E-state index in [0.29, 0.717) is 19.0 Å². The van der Waals surface area contributed by atoms with Crippen LogP contribution in [0.2, 0.25) is 0 Å². The molecule has 0 fully saturated rings. The van der Waals surface area contributed by atoms with Crippen molar-refractivity contribution in [2.24, 2.45) is 10.7 Å². The van der Waals surface area contributed by atoms with Crippen molar-refractivity contribution in [3.63, 3.8) is 0 Å². The SMILES string of the molecule is COc1ccccc1C(CN=C(N)NCCc1ccccn1)N(C)C.I. The molecular weight excluding hydrogens is 441 g/mol. The van der Waals surface area contributed by atoms with E-state index in [9.17, 15) is 0 Å². The Morgan fingerprint density at radius 2 is 1.96 bits per heavy atom. The number of guanidine groups is 1. The summed E-state index contributed by atoms with van der Waals surface area (Å²) in [6.45, 7) is 1.25. The molecule has 26 heavy (non-hydrogen) atoms. The largest absolute Gasteiger partial charge is 0.496 e. The number of pyridine rings is 1. The second-order valence-corrected chi connectivity index (χ2v) is 5.95. The van der Waals surface area contributed by atoms with E-state index in [1.165, 1.54) is 0 Å². The number of ether oxygens (including phenoxy) is 1. The summed E-state index contributed by atoms with van der Waals surface area (Å²) in [6.07, 6.45) is 2.60. The molecule has 1 unspecified atom stereocenters. The molecular formula is C19H28IN5O. The highest BCUT2D eigenvalue weighted by atomic mass is 127. The van der Waals surface area contributed by atoms with Gasteiger partial charge in [0, 0.05) is 30.4 Å². The van der Waals surface area contributed by atoms with E-state index in [-0.39, 0.29) is 30.0 Å². The number of para-hydroxylation sites is 1. The van der Waals surface area contributed by atoms with Crippen LogP contribution in [-0.4, -0.2) is 50.1 Å². The Labute approximate surface area is 172 Å². The highest BCUT2D eigenvalue weighted by Crippen LogP contribution is 2.27. The number of hydrogen-bond acceptors (Lipinski definition) is 4. The van der Waals surface area contributed by atoms with Gasteiger partial charge in [-0.05, 0) is 32.3 Å². The zero-order valence-corrected chi connectivity index (χ0v) is 17.9. The summed E-state index contributed by atoms with van der Waals surface area (Å²) in [5.74, 6) is 1.30. The molecule has 0 amide bonds. The lowest BCUT2D eigenvalue weighted by Gasteiger charge is -2.25. The Balaban J connectivity index is 0.00000338. The first-order valence-corrected chi connectivity index (χ1v) is 8.35. The summed E-state index contributed by atoms with van der Waals surface area (Å²) in [5.41, 5.74) is 8.13. The van der Waals surface area contributed by atoms with Crippen LogP contribution in [0, 0.1) is 0 Å². The first-order valence-electron chi connectivity index (χ1n) is 8.35. The molecule has 0 aliphatic rings. The average molecular weight is 469 g/mol. The number of hydrogen-bond donors (Lipinski definition) is 2. The van der Waals surface area contributed by atoms with Gasteiger partial charge in [-0.1, -0.05) is 24.3 Å². The zero-order chi connectivity index (χ0) is 18.1. The molecule has 0 aliphatic carbocycles. The maximum absolute atomic E-state index is 6.00. The van der Waals surface area contributed by atoms with Gasteiger partial charge in [0.15, 0.2) is 5.96 Å². The number of nitrogens with one attached hydrogen (secondary N) is 1. The molecule has 3 N–H and O–H groups in total. The number of halogens is 1. The van der Waals surface area contributed by atoms with Gasteiger partial charge in [0.1, 0.15) is 5.75 Å². The minimum atomic E-state index is 0. The van der Waals surface area contributed by atoms with Crippen molar-refractivity contribution < 1.29 is 4.74 Å². The molecule has 0 aliphatic heterocycles. The Hall–Kier alpha value is -1.87. The number of nitrogens with two attached hydrogens (primary N) is 1. The van der Waals surface area contributed by atoms with E-state index < -0.39 is 0 Å². The molecule has 1 aromatic carbocycles. The summed E-state index contributed by atoms with van der Waals surface area (Å²) in [7, 11) is 5.73. The van der Waals surface area contributed by atoms with Crippen LogP contribution in [0.4, 0.5) is 0 Å². The molecule has 7 heteroatoms. The summed E-state index contributed by atoms with van der Waals surface area (Å²) in [6, 6.07) is 14.0. The predicted molar refractivity (Wildman–Crippen MR) is 117 cm³/mol. The summed E-state index contributed by atoms with van der Waals surface area (Å²) in [5, 5.41) is 3.14. The Kier molecular flexibility index (Phi) is 9.97. The van der Waals surface area contributed by atoms with Crippen LogP contribution in [-0.2, 0) is 6.42 Å². The van der Waals surface area contributed by atoms with E-state index in [1.54, 1.807) is 13.3 Å². The fraction of sp³-hybridized carbons (Fsp3) is 0.368. The lowest BCUT2D eigenvalue weighted by Crippen LogP contribution is -2.34. The molecule has 0 saturated heterocycles. The smallest absolute Gasteiger partial charge is 0.188 e. The number of benzene rings is 1. The maximum Gasteiger partial charge on any atom is 0.188 e. The van der Waals surface area contributed by atoms with Crippen LogP contribution in [0.5, 0.6) is 5.75 Å². The van der Waals surface area contributed by atoms with Crippen molar-refractivity contribution in [3.8, 4) is 5.75 Å². The van der Waals surface area contributed by atoms with Crippen molar-refractivity contribution >= 4 is 29.9 Å². The van der Waals surface area contributed by atoms with Crippen LogP contribution < -0.4 is 15.8 Å². The number of aromatic nitrogens is 1. The fourth-order valence-corrected chi connectivity index (χ4v) is 2.59. The number of aliphatic imine (C=N–C) groups is 1. The third-order valence-corrected chi connectivity index (χ3v) is 3.97. The molecule has 2 rings (SSSR count). The molecule has 142 valence electrons. The number of rotatable bonds is 8. The first-order chi connectivity index (χ1) is 12.1. The van der Waals surface area contributed by atoms with Crippen LogP contribution in [0.3, 0.4) is 0 Å². The molecule has 0 saturated carbocycles. The summed E-state index contributed by atoms with van der Waals surface area (Å²) >= 11 is 0. The van der Waals surface area contributed by atoms with E-state index >= 15 is 0 Å². The van der Waals surface area contributed by atoms with E-state index in [2.05, 4.69) is 26.3 Å². The van der Waals surface area contributed by atoms with Gasteiger partial charge in [-0.25, -0.2) is 0 Å². The van der Waals surface area contributed by atoms with Crippen molar-refractivity contribution in [2.75, 3.05) is 34.3 Å². The quantitative estimate of drug-likeness (QED) is 0.353. The fourth-order valence-electron chi connectivity index (χ4n) is 2.59. The average Bonchev–Trinajstić information content (AvgIpc) is 2.63.